The number of aryl methyl sites for hydroxylation is 1. The molecule has 3 heterocycles. The Balaban J connectivity index is 0.00000176. The van der Waals surface area contributed by atoms with Crippen molar-refractivity contribution in [2.45, 2.75) is 6.92 Å². The molecule has 3 aromatic heterocycles. The average molecular weight is 314 g/mol. The van der Waals surface area contributed by atoms with Crippen molar-refractivity contribution in [3.05, 3.63) is 64.5 Å². The Hall–Kier alpha value is -2.91. The minimum Gasteiger partial charge on any atom is -0.296 e. The van der Waals surface area contributed by atoms with E-state index in [0.717, 1.165) is 5.56 Å². The number of nitrogens with zero attached hydrogens (tertiary/aromatic N) is 4. The van der Waals surface area contributed by atoms with Crippen LogP contribution in [0.5, 0.6) is 0 Å². The highest BCUT2D eigenvalue weighted by atomic mass is 35.5. The van der Waals surface area contributed by atoms with Gasteiger partial charge in [-0.15, -0.1) is 12.4 Å². The zero-order valence-corrected chi connectivity index (χ0v) is 12.5. The molecule has 110 valence electrons. The van der Waals surface area contributed by atoms with Crippen molar-refractivity contribution in [3.63, 3.8) is 0 Å². The van der Waals surface area contributed by atoms with Crippen molar-refractivity contribution < 1.29 is 0 Å². The summed E-state index contributed by atoms with van der Waals surface area (Å²) in [5.41, 5.74) is 2.24. The molecule has 0 bridgehead atoms. The maximum atomic E-state index is 12.5. The molecule has 0 aromatic carbocycles. The van der Waals surface area contributed by atoms with E-state index in [4.69, 9.17) is 5.26 Å². The van der Waals surface area contributed by atoms with Crippen molar-refractivity contribution >= 4 is 12.4 Å². The standard InChI is InChI=1S/C15H11N5O.ClH/c1-10-2-3-18-14(4-10)20-15(21)13(9-19-20)12-5-11(6-16)7-17-8-12;/h2-5,7-9,19H,1H3;1H. The SMILES string of the molecule is Cc1ccnc(-n2[nH]cc(-c3cncc(C#N)c3)c2=O)c1.Cl. The van der Waals surface area contributed by atoms with Crippen molar-refractivity contribution in [2.24, 2.45) is 0 Å². The molecule has 0 fully saturated rings. The predicted molar refractivity (Wildman–Crippen MR) is 84.1 cm³/mol. The van der Waals surface area contributed by atoms with E-state index in [2.05, 4.69) is 15.1 Å². The molecule has 3 rings (SSSR count). The van der Waals surface area contributed by atoms with E-state index < -0.39 is 0 Å². The van der Waals surface area contributed by atoms with Gasteiger partial charge in [-0.05, 0) is 30.7 Å². The topological polar surface area (TPSA) is 87.4 Å². The van der Waals surface area contributed by atoms with E-state index in [1.807, 2.05) is 25.1 Å². The first-order valence-electron chi connectivity index (χ1n) is 6.28. The van der Waals surface area contributed by atoms with Crippen LogP contribution < -0.4 is 5.56 Å². The van der Waals surface area contributed by atoms with Gasteiger partial charge in [0, 0.05) is 30.4 Å². The second-order valence-electron chi connectivity index (χ2n) is 4.59. The van der Waals surface area contributed by atoms with E-state index in [1.165, 1.54) is 10.9 Å². The Morgan fingerprint density at radius 3 is 2.86 bits per heavy atom. The van der Waals surface area contributed by atoms with Crippen LogP contribution in [-0.4, -0.2) is 19.7 Å². The summed E-state index contributed by atoms with van der Waals surface area (Å²) >= 11 is 0. The fraction of sp³-hybridized carbons (Fsp3) is 0.0667. The number of aromatic amines is 1. The summed E-state index contributed by atoms with van der Waals surface area (Å²) in [5, 5.41) is 11.8. The summed E-state index contributed by atoms with van der Waals surface area (Å²) in [4.78, 5) is 20.6. The molecule has 7 heteroatoms. The number of hydrogen-bond acceptors (Lipinski definition) is 4. The smallest absolute Gasteiger partial charge is 0.280 e. The second kappa shape index (κ2) is 6.24. The molecule has 0 aliphatic carbocycles. The van der Waals surface area contributed by atoms with Crippen molar-refractivity contribution in [1.82, 2.24) is 19.7 Å². The number of nitriles is 1. The molecule has 0 unspecified atom stereocenters. The molecule has 3 aromatic rings. The first-order chi connectivity index (χ1) is 10.2. The molecule has 0 spiro atoms. The third kappa shape index (κ3) is 2.75. The van der Waals surface area contributed by atoms with Gasteiger partial charge in [-0.3, -0.25) is 14.9 Å². The molecule has 0 saturated carbocycles. The Kier molecular flexibility index (Phi) is 4.39. The average Bonchev–Trinajstić information content (AvgIpc) is 2.89. The quantitative estimate of drug-likeness (QED) is 0.786. The molecule has 0 radical (unpaired) electrons. The van der Waals surface area contributed by atoms with Crippen LogP contribution in [0.15, 0.2) is 47.8 Å². The Morgan fingerprint density at radius 2 is 2.14 bits per heavy atom. The molecular weight excluding hydrogens is 302 g/mol. The number of rotatable bonds is 2. The molecule has 0 atom stereocenters. The van der Waals surface area contributed by atoms with E-state index >= 15 is 0 Å². The van der Waals surface area contributed by atoms with Crippen LogP contribution in [0.3, 0.4) is 0 Å². The van der Waals surface area contributed by atoms with Gasteiger partial charge in [-0.25, -0.2) is 9.67 Å². The summed E-state index contributed by atoms with van der Waals surface area (Å²) in [6, 6.07) is 7.31. The lowest BCUT2D eigenvalue weighted by atomic mass is 10.1. The van der Waals surface area contributed by atoms with Gasteiger partial charge < -0.3 is 0 Å². The van der Waals surface area contributed by atoms with Crippen LogP contribution in [0.4, 0.5) is 0 Å². The second-order valence-corrected chi connectivity index (χ2v) is 4.59. The summed E-state index contributed by atoms with van der Waals surface area (Å²) in [6.07, 6.45) is 6.25. The van der Waals surface area contributed by atoms with Crippen molar-refractivity contribution in [3.8, 4) is 23.0 Å². The number of hydrogen-bond donors (Lipinski definition) is 1. The van der Waals surface area contributed by atoms with Crippen LogP contribution in [0.25, 0.3) is 16.9 Å². The van der Waals surface area contributed by atoms with E-state index in [1.54, 1.807) is 24.7 Å². The van der Waals surface area contributed by atoms with Gasteiger partial charge in [-0.1, -0.05) is 0 Å². The molecule has 0 saturated heterocycles. The van der Waals surface area contributed by atoms with Crippen LogP contribution in [0.1, 0.15) is 11.1 Å². The lowest BCUT2D eigenvalue weighted by Gasteiger charge is -2.00. The van der Waals surface area contributed by atoms with E-state index in [-0.39, 0.29) is 18.0 Å². The predicted octanol–water partition coefficient (Wildman–Crippen LogP) is 2.22. The van der Waals surface area contributed by atoms with Crippen molar-refractivity contribution in [2.75, 3.05) is 0 Å². The Bertz CT molecular complexity index is 907. The molecule has 0 aliphatic rings. The van der Waals surface area contributed by atoms with Crippen LogP contribution in [0.2, 0.25) is 0 Å². The summed E-state index contributed by atoms with van der Waals surface area (Å²) in [6.45, 7) is 1.93. The number of aromatic nitrogens is 4. The van der Waals surface area contributed by atoms with E-state index in [9.17, 15) is 4.79 Å². The zero-order chi connectivity index (χ0) is 14.8. The molecule has 0 aliphatic heterocycles. The number of nitrogens with one attached hydrogen (secondary N) is 1. The highest BCUT2D eigenvalue weighted by Gasteiger charge is 2.11. The van der Waals surface area contributed by atoms with Gasteiger partial charge in [0.1, 0.15) is 6.07 Å². The number of H-pyrrole nitrogens is 1. The fourth-order valence-electron chi connectivity index (χ4n) is 2.04. The van der Waals surface area contributed by atoms with Crippen molar-refractivity contribution in [1.29, 1.82) is 5.26 Å². The zero-order valence-electron chi connectivity index (χ0n) is 11.6. The number of pyridine rings is 2. The van der Waals surface area contributed by atoms with Crippen LogP contribution >= 0.6 is 12.4 Å². The highest BCUT2D eigenvalue weighted by Crippen LogP contribution is 2.15. The Morgan fingerprint density at radius 1 is 1.32 bits per heavy atom. The monoisotopic (exact) mass is 313 g/mol. The van der Waals surface area contributed by atoms with Gasteiger partial charge in [0.15, 0.2) is 5.82 Å². The Labute approximate surface area is 132 Å². The molecule has 1 N–H and O–H groups in total. The first-order valence-corrected chi connectivity index (χ1v) is 6.28. The summed E-state index contributed by atoms with van der Waals surface area (Å²) < 4.78 is 1.36. The lowest BCUT2D eigenvalue weighted by Crippen LogP contribution is -2.17. The van der Waals surface area contributed by atoms with E-state index in [0.29, 0.717) is 22.5 Å². The third-order valence-corrected chi connectivity index (χ3v) is 3.08. The van der Waals surface area contributed by atoms with Gasteiger partial charge in [0.25, 0.3) is 5.56 Å². The third-order valence-electron chi connectivity index (χ3n) is 3.08. The summed E-state index contributed by atoms with van der Waals surface area (Å²) in [5.74, 6) is 0.524. The highest BCUT2D eigenvalue weighted by molar-refractivity contribution is 5.85. The van der Waals surface area contributed by atoms with Crippen LogP contribution in [-0.2, 0) is 0 Å². The number of halogens is 1. The van der Waals surface area contributed by atoms with Gasteiger partial charge in [-0.2, -0.15) is 5.26 Å². The minimum absolute atomic E-state index is 0. The fourth-order valence-corrected chi connectivity index (χ4v) is 2.04. The van der Waals surface area contributed by atoms with Gasteiger partial charge in [0.2, 0.25) is 0 Å². The molecule has 0 amide bonds. The largest absolute Gasteiger partial charge is 0.296 e. The lowest BCUT2D eigenvalue weighted by molar-refractivity contribution is 0.817. The molecule has 22 heavy (non-hydrogen) atoms. The molecular formula is C15H12ClN5O. The maximum Gasteiger partial charge on any atom is 0.280 e. The van der Waals surface area contributed by atoms with Gasteiger partial charge in [0.05, 0.1) is 11.1 Å². The normalized spacial score (nSPS) is 9.82. The van der Waals surface area contributed by atoms with Gasteiger partial charge >= 0.3 is 0 Å². The minimum atomic E-state index is -0.231. The molecule has 6 nitrogen and oxygen atoms in total. The van der Waals surface area contributed by atoms with Crippen LogP contribution in [0, 0.1) is 18.3 Å². The first kappa shape index (κ1) is 15.5. The summed E-state index contributed by atoms with van der Waals surface area (Å²) in [7, 11) is 0. The maximum absolute atomic E-state index is 12.5.